The van der Waals surface area contributed by atoms with Gasteiger partial charge >= 0.3 is 0 Å². The van der Waals surface area contributed by atoms with Crippen LogP contribution in [0, 0.1) is 0 Å². The Balaban J connectivity index is 1.74. The van der Waals surface area contributed by atoms with E-state index in [2.05, 4.69) is 133 Å². The molecular weight excluding hydrogens is 412 g/mol. The van der Waals surface area contributed by atoms with Gasteiger partial charge in [-0.25, -0.2) is 0 Å². The van der Waals surface area contributed by atoms with Crippen LogP contribution in [0.4, 0.5) is 0 Å². The van der Waals surface area contributed by atoms with Crippen LogP contribution in [0.1, 0.15) is 20.8 Å². The molecule has 0 atom stereocenters. The number of para-hydroxylation sites is 2. The summed E-state index contributed by atoms with van der Waals surface area (Å²) in [5, 5.41) is 7.78. The molecule has 0 saturated heterocycles. The highest BCUT2D eigenvalue weighted by Gasteiger charge is 2.22. The van der Waals surface area contributed by atoms with Gasteiger partial charge in [-0.2, -0.15) is 0 Å². The van der Waals surface area contributed by atoms with Gasteiger partial charge in [0.15, 0.2) is 0 Å². The van der Waals surface area contributed by atoms with Crippen molar-refractivity contribution in [3.05, 3.63) is 103 Å². The standard InChI is InChI=1S/C32H26N2/c1-32(2,3)34-28-16-10-9-15-24(28)26-19-27-25-17-21-11-7-8-12-22(21)18-29(25)33(30(27)20-31(26)34)23-13-5-4-6-14-23/h4-20H,1-3H3. The Morgan fingerprint density at radius 2 is 1.06 bits per heavy atom. The molecule has 5 aromatic carbocycles. The predicted molar refractivity (Wildman–Crippen MR) is 146 cm³/mol. The van der Waals surface area contributed by atoms with E-state index in [1.807, 2.05) is 0 Å². The number of benzene rings is 5. The molecule has 2 heteroatoms. The van der Waals surface area contributed by atoms with Gasteiger partial charge in [0.1, 0.15) is 0 Å². The largest absolute Gasteiger partial charge is 0.335 e. The summed E-state index contributed by atoms with van der Waals surface area (Å²) < 4.78 is 4.93. The molecule has 0 saturated carbocycles. The summed E-state index contributed by atoms with van der Waals surface area (Å²) in [6.07, 6.45) is 0. The first kappa shape index (κ1) is 19.4. The van der Waals surface area contributed by atoms with Gasteiger partial charge in [0.05, 0.1) is 16.6 Å². The second kappa shape index (κ2) is 6.74. The van der Waals surface area contributed by atoms with Crippen molar-refractivity contribution in [3.8, 4) is 5.69 Å². The summed E-state index contributed by atoms with van der Waals surface area (Å²) in [7, 11) is 0. The summed E-state index contributed by atoms with van der Waals surface area (Å²) in [6, 6.07) is 37.8. The number of hydrogen-bond donors (Lipinski definition) is 0. The third kappa shape index (κ3) is 2.63. The fraction of sp³-hybridized carbons (Fsp3) is 0.125. The van der Waals surface area contributed by atoms with Gasteiger partial charge in [-0.1, -0.05) is 60.7 Å². The van der Waals surface area contributed by atoms with E-state index in [1.54, 1.807) is 0 Å². The monoisotopic (exact) mass is 438 g/mol. The van der Waals surface area contributed by atoms with Crippen LogP contribution in [-0.4, -0.2) is 9.13 Å². The molecule has 7 rings (SSSR count). The van der Waals surface area contributed by atoms with E-state index >= 15 is 0 Å². The maximum Gasteiger partial charge on any atom is 0.0562 e. The SMILES string of the molecule is CC(C)(C)n1c2ccccc2c2cc3c4cc5ccccc5cc4n(-c4ccccc4)c3cc21. The minimum atomic E-state index is -0.0344. The Morgan fingerprint density at radius 3 is 1.82 bits per heavy atom. The predicted octanol–water partition coefficient (Wildman–Crippen LogP) is 8.80. The molecule has 0 aliphatic heterocycles. The van der Waals surface area contributed by atoms with E-state index in [4.69, 9.17) is 0 Å². The van der Waals surface area contributed by atoms with Gasteiger partial charge < -0.3 is 9.13 Å². The summed E-state index contributed by atoms with van der Waals surface area (Å²) in [6.45, 7) is 6.88. The smallest absolute Gasteiger partial charge is 0.0562 e. The molecule has 2 nitrogen and oxygen atoms in total. The first-order chi connectivity index (χ1) is 16.5. The molecule has 0 bridgehead atoms. The lowest BCUT2D eigenvalue weighted by molar-refractivity contribution is 0.423. The number of aromatic nitrogens is 2. The van der Waals surface area contributed by atoms with Crippen molar-refractivity contribution in [3.63, 3.8) is 0 Å². The van der Waals surface area contributed by atoms with E-state index < -0.39 is 0 Å². The highest BCUT2D eigenvalue weighted by Crippen LogP contribution is 2.41. The molecule has 0 N–H and O–H groups in total. The lowest BCUT2D eigenvalue weighted by Gasteiger charge is -2.24. The van der Waals surface area contributed by atoms with Gasteiger partial charge in [0, 0.05) is 38.3 Å². The average molecular weight is 439 g/mol. The Labute approximate surface area is 198 Å². The van der Waals surface area contributed by atoms with E-state index in [0.717, 1.165) is 0 Å². The molecule has 0 aliphatic rings. The number of fused-ring (bicyclic) bond motifs is 7. The molecule has 2 aromatic heterocycles. The second-order valence-corrected chi connectivity index (χ2v) is 10.3. The first-order valence-corrected chi connectivity index (χ1v) is 12.0. The maximum atomic E-state index is 2.50. The average Bonchev–Trinajstić information content (AvgIpc) is 3.33. The fourth-order valence-electron chi connectivity index (χ4n) is 5.74. The van der Waals surface area contributed by atoms with Crippen molar-refractivity contribution in [1.29, 1.82) is 0 Å². The van der Waals surface area contributed by atoms with Crippen LogP contribution in [0.3, 0.4) is 0 Å². The Hall–Kier alpha value is -4.04. The molecule has 0 radical (unpaired) electrons. The molecule has 0 amide bonds. The van der Waals surface area contributed by atoms with Crippen molar-refractivity contribution in [2.45, 2.75) is 26.3 Å². The lowest BCUT2D eigenvalue weighted by atomic mass is 10.0. The number of nitrogens with zero attached hydrogens (tertiary/aromatic N) is 2. The molecule has 164 valence electrons. The van der Waals surface area contributed by atoms with Gasteiger partial charge in [-0.3, -0.25) is 0 Å². The zero-order chi connectivity index (χ0) is 23.0. The van der Waals surface area contributed by atoms with Gasteiger partial charge in [0.2, 0.25) is 0 Å². The highest BCUT2D eigenvalue weighted by atomic mass is 15.1. The van der Waals surface area contributed by atoms with Crippen LogP contribution in [-0.2, 0) is 5.54 Å². The van der Waals surface area contributed by atoms with Crippen molar-refractivity contribution in [2.75, 3.05) is 0 Å². The fourth-order valence-corrected chi connectivity index (χ4v) is 5.74. The topological polar surface area (TPSA) is 9.86 Å². The minimum Gasteiger partial charge on any atom is -0.335 e. The summed E-state index contributed by atoms with van der Waals surface area (Å²) in [4.78, 5) is 0. The summed E-state index contributed by atoms with van der Waals surface area (Å²) >= 11 is 0. The molecule has 0 aliphatic carbocycles. The van der Waals surface area contributed by atoms with E-state index in [-0.39, 0.29) is 5.54 Å². The zero-order valence-corrected chi connectivity index (χ0v) is 19.7. The van der Waals surface area contributed by atoms with Crippen LogP contribution in [0.5, 0.6) is 0 Å². The maximum absolute atomic E-state index is 2.50. The minimum absolute atomic E-state index is 0.0344. The Bertz CT molecular complexity index is 1880. The number of hydrogen-bond acceptors (Lipinski definition) is 0. The van der Waals surface area contributed by atoms with Gasteiger partial charge in [-0.15, -0.1) is 0 Å². The lowest BCUT2D eigenvalue weighted by Crippen LogP contribution is -2.21. The van der Waals surface area contributed by atoms with E-state index in [0.29, 0.717) is 0 Å². The second-order valence-electron chi connectivity index (χ2n) is 10.3. The quantitative estimate of drug-likeness (QED) is 0.242. The molecule has 7 aromatic rings. The van der Waals surface area contributed by atoms with Crippen LogP contribution in [0.2, 0.25) is 0 Å². The van der Waals surface area contributed by atoms with Gasteiger partial charge in [-0.05, 0) is 74.0 Å². The third-order valence-corrected chi connectivity index (χ3v) is 7.11. The molecular formula is C32H26N2. The van der Waals surface area contributed by atoms with Crippen LogP contribution >= 0.6 is 0 Å². The van der Waals surface area contributed by atoms with E-state index in [9.17, 15) is 0 Å². The van der Waals surface area contributed by atoms with Crippen molar-refractivity contribution < 1.29 is 0 Å². The molecule has 0 unspecified atom stereocenters. The third-order valence-electron chi connectivity index (χ3n) is 7.11. The first-order valence-electron chi connectivity index (χ1n) is 12.0. The van der Waals surface area contributed by atoms with Crippen LogP contribution < -0.4 is 0 Å². The zero-order valence-electron chi connectivity index (χ0n) is 19.7. The van der Waals surface area contributed by atoms with Crippen LogP contribution in [0.25, 0.3) is 60.1 Å². The summed E-state index contributed by atoms with van der Waals surface area (Å²) in [5.41, 5.74) is 6.23. The highest BCUT2D eigenvalue weighted by molar-refractivity contribution is 6.20. The van der Waals surface area contributed by atoms with Gasteiger partial charge in [0.25, 0.3) is 0 Å². The Kier molecular flexibility index (Phi) is 3.85. The Morgan fingerprint density at radius 1 is 0.471 bits per heavy atom. The molecule has 0 spiro atoms. The molecule has 34 heavy (non-hydrogen) atoms. The normalized spacial score (nSPS) is 12.6. The number of rotatable bonds is 1. The molecule has 0 fully saturated rings. The molecule has 2 heterocycles. The van der Waals surface area contributed by atoms with Crippen molar-refractivity contribution in [1.82, 2.24) is 9.13 Å². The summed E-state index contributed by atoms with van der Waals surface area (Å²) in [5.74, 6) is 0. The van der Waals surface area contributed by atoms with Crippen molar-refractivity contribution >= 4 is 54.4 Å². The van der Waals surface area contributed by atoms with Crippen LogP contribution in [0.15, 0.2) is 103 Å². The van der Waals surface area contributed by atoms with E-state index in [1.165, 1.54) is 60.1 Å². The van der Waals surface area contributed by atoms with Crippen molar-refractivity contribution in [2.24, 2.45) is 0 Å².